The van der Waals surface area contributed by atoms with Crippen LogP contribution in [-0.2, 0) is 16.1 Å². The number of phenolic OH excluding ortho intramolecular Hbond substituents is 2. The summed E-state index contributed by atoms with van der Waals surface area (Å²) in [5, 5.41) is 22.3. The Morgan fingerprint density at radius 3 is 1.61 bits per heavy atom. The second-order valence-corrected chi connectivity index (χ2v) is 11.7. The van der Waals surface area contributed by atoms with E-state index in [-0.39, 0.29) is 31.7 Å². The molecule has 0 bridgehead atoms. The fraction of sp³-hybridized carbons (Fsp3) is 0.541. The van der Waals surface area contributed by atoms with Crippen molar-refractivity contribution in [3.05, 3.63) is 52.1 Å². The second kappa shape index (κ2) is 20.2. The fourth-order valence-corrected chi connectivity index (χ4v) is 5.13. The summed E-state index contributed by atoms with van der Waals surface area (Å²) in [4.78, 5) is 65.7. The molecule has 0 aliphatic rings. The van der Waals surface area contributed by atoms with Crippen molar-refractivity contribution in [1.82, 2.24) is 0 Å². The summed E-state index contributed by atoms with van der Waals surface area (Å²) in [6.07, 6.45) is 9.13. The summed E-state index contributed by atoms with van der Waals surface area (Å²) >= 11 is 0. The standard InChI is InChI=1S/C37H50O9/c1-5-8-11-14-17-28(39)31-33(37(44)45-24-26-20-22-27(23-21-26)25(4)38)32(29(40)18-15-12-9-6-2)36(35(43)34(31)42)46-30(41)19-16-13-10-7-3/h20-23,42-43H,5-19,24H2,1-4H3. The van der Waals surface area contributed by atoms with Gasteiger partial charge in [-0.25, -0.2) is 4.79 Å². The highest BCUT2D eigenvalue weighted by atomic mass is 16.5. The van der Waals surface area contributed by atoms with E-state index in [2.05, 4.69) is 0 Å². The maximum absolute atomic E-state index is 13.8. The average molecular weight is 639 g/mol. The first kappa shape index (κ1) is 38.2. The van der Waals surface area contributed by atoms with Gasteiger partial charge in [0.1, 0.15) is 6.61 Å². The van der Waals surface area contributed by atoms with Gasteiger partial charge in [-0.05, 0) is 31.7 Å². The Kier molecular flexibility index (Phi) is 16.7. The first-order valence-electron chi connectivity index (χ1n) is 16.7. The van der Waals surface area contributed by atoms with Crippen LogP contribution in [0.1, 0.15) is 171 Å². The molecule has 0 atom stereocenters. The maximum Gasteiger partial charge on any atom is 0.340 e. The summed E-state index contributed by atoms with van der Waals surface area (Å²) in [5.41, 5.74) is -0.467. The molecule has 9 heteroatoms. The van der Waals surface area contributed by atoms with Crippen LogP contribution in [0.2, 0.25) is 0 Å². The van der Waals surface area contributed by atoms with E-state index in [1.165, 1.54) is 6.92 Å². The Hall–Kier alpha value is -4.01. The van der Waals surface area contributed by atoms with E-state index in [1.807, 2.05) is 20.8 Å². The van der Waals surface area contributed by atoms with Gasteiger partial charge in [-0.3, -0.25) is 19.2 Å². The maximum atomic E-state index is 13.8. The zero-order chi connectivity index (χ0) is 34.1. The molecule has 2 rings (SSSR count). The summed E-state index contributed by atoms with van der Waals surface area (Å²) in [6, 6.07) is 6.41. The molecule has 0 radical (unpaired) electrons. The number of benzene rings is 2. The van der Waals surface area contributed by atoms with Crippen LogP contribution in [0.4, 0.5) is 0 Å². The van der Waals surface area contributed by atoms with Gasteiger partial charge in [0.25, 0.3) is 0 Å². The van der Waals surface area contributed by atoms with Crippen molar-refractivity contribution in [2.75, 3.05) is 0 Å². The van der Waals surface area contributed by atoms with Crippen LogP contribution in [0, 0.1) is 0 Å². The Labute approximate surface area is 272 Å². The summed E-state index contributed by atoms with van der Waals surface area (Å²) < 4.78 is 11.1. The third kappa shape index (κ3) is 11.4. The predicted molar refractivity (Wildman–Crippen MR) is 176 cm³/mol. The van der Waals surface area contributed by atoms with Crippen molar-refractivity contribution in [1.29, 1.82) is 0 Å². The molecule has 0 aromatic heterocycles. The molecular formula is C37H50O9. The third-order valence-corrected chi connectivity index (χ3v) is 7.86. The van der Waals surface area contributed by atoms with Crippen molar-refractivity contribution in [3.8, 4) is 17.2 Å². The van der Waals surface area contributed by atoms with Crippen molar-refractivity contribution in [3.63, 3.8) is 0 Å². The zero-order valence-corrected chi connectivity index (χ0v) is 27.9. The smallest absolute Gasteiger partial charge is 0.340 e. The lowest BCUT2D eigenvalue weighted by molar-refractivity contribution is -0.134. The van der Waals surface area contributed by atoms with Crippen molar-refractivity contribution in [2.24, 2.45) is 0 Å². The molecule has 0 heterocycles. The van der Waals surface area contributed by atoms with Gasteiger partial charge in [0, 0.05) is 24.8 Å². The SMILES string of the molecule is CCCCCCC(=O)Oc1c(O)c(O)c(C(=O)CCCCCC)c(C(=O)OCc2ccc(C(C)=O)cc2)c1C(=O)CCCCCC. The highest BCUT2D eigenvalue weighted by Gasteiger charge is 2.36. The minimum atomic E-state index is -1.08. The topological polar surface area (TPSA) is 144 Å². The first-order chi connectivity index (χ1) is 22.1. The van der Waals surface area contributed by atoms with Crippen LogP contribution in [0.15, 0.2) is 24.3 Å². The molecule has 2 N–H and O–H groups in total. The fourth-order valence-electron chi connectivity index (χ4n) is 5.13. The van der Waals surface area contributed by atoms with E-state index in [0.717, 1.165) is 57.8 Å². The minimum Gasteiger partial charge on any atom is -0.504 e. The minimum absolute atomic E-state index is 0.00151. The number of esters is 2. The molecule has 252 valence electrons. The highest BCUT2D eigenvalue weighted by Crippen LogP contribution is 2.46. The van der Waals surface area contributed by atoms with Gasteiger partial charge < -0.3 is 19.7 Å². The molecule has 0 unspecified atom stereocenters. The van der Waals surface area contributed by atoms with Gasteiger partial charge in [-0.1, -0.05) is 103 Å². The highest BCUT2D eigenvalue weighted by molar-refractivity contribution is 6.17. The van der Waals surface area contributed by atoms with Gasteiger partial charge >= 0.3 is 11.9 Å². The number of rotatable bonds is 22. The molecule has 46 heavy (non-hydrogen) atoms. The van der Waals surface area contributed by atoms with Crippen LogP contribution in [0.3, 0.4) is 0 Å². The second-order valence-electron chi connectivity index (χ2n) is 11.7. The van der Waals surface area contributed by atoms with Gasteiger partial charge in [-0.2, -0.15) is 0 Å². The number of carbonyl (C=O) groups is 5. The van der Waals surface area contributed by atoms with Crippen LogP contribution < -0.4 is 4.74 Å². The zero-order valence-electron chi connectivity index (χ0n) is 27.9. The number of Topliss-reactive ketones (excluding diaryl/α,β-unsaturated/α-hetero) is 3. The number of hydrogen-bond acceptors (Lipinski definition) is 9. The molecule has 0 saturated carbocycles. The Morgan fingerprint density at radius 1 is 0.609 bits per heavy atom. The molecule has 2 aromatic carbocycles. The van der Waals surface area contributed by atoms with Gasteiger partial charge in [0.15, 0.2) is 28.8 Å². The first-order valence-corrected chi connectivity index (χ1v) is 16.7. The molecule has 2 aromatic rings. The van der Waals surface area contributed by atoms with Crippen LogP contribution >= 0.6 is 0 Å². The molecule has 0 saturated heterocycles. The monoisotopic (exact) mass is 638 g/mol. The van der Waals surface area contributed by atoms with Crippen LogP contribution in [0.25, 0.3) is 0 Å². The molecule has 0 fully saturated rings. The van der Waals surface area contributed by atoms with E-state index >= 15 is 0 Å². The Morgan fingerprint density at radius 2 is 1.11 bits per heavy atom. The molecule has 0 spiro atoms. The molecule has 9 nitrogen and oxygen atoms in total. The van der Waals surface area contributed by atoms with Crippen molar-refractivity contribution in [2.45, 2.75) is 131 Å². The van der Waals surface area contributed by atoms with Gasteiger partial charge in [0.05, 0.1) is 16.7 Å². The molecule has 0 aliphatic heterocycles. The van der Waals surface area contributed by atoms with Crippen LogP contribution in [0.5, 0.6) is 17.2 Å². The lowest BCUT2D eigenvalue weighted by Crippen LogP contribution is -2.21. The van der Waals surface area contributed by atoms with Crippen molar-refractivity contribution >= 4 is 29.3 Å². The summed E-state index contributed by atoms with van der Waals surface area (Å²) in [7, 11) is 0. The number of carbonyl (C=O) groups excluding carboxylic acids is 5. The van der Waals surface area contributed by atoms with E-state index < -0.39 is 57.4 Å². The largest absolute Gasteiger partial charge is 0.504 e. The number of aromatic hydroxyl groups is 2. The van der Waals surface area contributed by atoms with Gasteiger partial charge in [0.2, 0.25) is 5.75 Å². The van der Waals surface area contributed by atoms with E-state index in [0.29, 0.717) is 30.4 Å². The Balaban J connectivity index is 2.64. The average Bonchev–Trinajstić information content (AvgIpc) is 3.04. The summed E-state index contributed by atoms with van der Waals surface area (Å²) in [6.45, 7) is 7.25. The number of hydrogen-bond donors (Lipinski definition) is 2. The van der Waals surface area contributed by atoms with Crippen molar-refractivity contribution < 1.29 is 43.7 Å². The predicted octanol–water partition coefficient (Wildman–Crippen LogP) is 8.84. The van der Waals surface area contributed by atoms with Gasteiger partial charge in [-0.15, -0.1) is 0 Å². The van der Waals surface area contributed by atoms with Crippen LogP contribution in [-0.4, -0.2) is 39.5 Å². The molecular weight excluding hydrogens is 588 g/mol. The number of ether oxygens (including phenoxy) is 2. The Bertz CT molecular complexity index is 1340. The number of phenols is 2. The molecule has 0 aliphatic carbocycles. The molecule has 0 amide bonds. The van der Waals surface area contributed by atoms with E-state index in [1.54, 1.807) is 24.3 Å². The number of unbranched alkanes of at least 4 members (excludes halogenated alkanes) is 9. The van der Waals surface area contributed by atoms with E-state index in [4.69, 9.17) is 9.47 Å². The third-order valence-electron chi connectivity index (χ3n) is 7.86. The summed E-state index contributed by atoms with van der Waals surface area (Å²) in [5.74, 6) is -5.72. The lowest BCUT2D eigenvalue weighted by Gasteiger charge is -2.20. The van der Waals surface area contributed by atoms with E-state index in [9.17, 15) is 34.2 Å². The normalized spacial score (nSPS) is 10.9. The number of ketones is 3. The quantitative estimate of drug-likeness (QED) is 0.0425. The lowest BCUT2D eigenvalue weighted by atomic mass is 9.89.